The van der Waals surface area contributed by atoms with E-state index in [1.165, 1.54) is 0 Å². The Labute approximate surface area is 198 Å². The summed E-state index contributed by atoms with van der Waals surface area (Å²) < 4.78 is 24.2. The maximum Gasteiger partial charge on any atom is 0.414 e. The van der Waals surface area contributed by atoms with Crippen LogP contribution in [-0.2, 0) is 22.1 Å². The highest BCUT2D eigenvalue weighted by atomic mass is 32.2. The lowest BCUT2D eigenvalue weighted by Gasteiger charge is -2.31. The van der Waals surface area contributed by atoms with Crippen molar-refractivity contribution in [2.45, 2.75) is 44.2 Å². The minimum atomic E-state index is -1.25. The number of hydrogen-bond acceptors (Lipinski definition) is 4. The van der Waals surface area contributed by atoms with Gasteiger partial charge in [0.1, 0.15) is 12.4 Å². The first-order chi connectivity index (χ1) is 16.0. The summed E-state index contributed by atoms with van der Waals surface area (Å²) in [5, 5.41) is 0. The molecule has 0 heterocycles. The SMILES string of the molecule is CCC[C@H](C[S@@](=O)c1ccc(C)cc1)N(C(=O)OCc1ccccc1)c1ccc(OC)cc1. The molecule has 3 aromatic rings. The first kappa shape index (κ1) is 24.5. The molecule has 0 radical (unpaired) electrons. The summed E-state index contributed by atoms with van der Waals surface area (Å²) >= 11 is 0. The average Bonchev–Trinajstić information content (AvgIpc) is 2.84. The smallest absolute Gasteiger partial charge is 0.414 e. The normalized spacial score (nSPS) is 12.6. The number of nitrogens with zero attached hydrogens (tertiary/aromatic N) is 1. The second-order valence-corrected chi connectivity index (χ2v) is 9.37. The van der Waals surface area contributed by atoms with E-state index in [0.717, 1.165) is 22.4 Å². The fourth-order valence-corrected chi connectivity index (χ4v) is 4.88. The lowest BCUT2D eigenvalue weighted by Crippen LogP contribution is -2.44. The Bertz CT molecular complexity index is 1040. The number of hydrogen-bond donors (Lipinski definition) is 0. The van der Waals surface area contributed by atoms with E-state index in [-0.39, 0.29) is 12.6 Å². The molecule has 0 spiro atoms. The molecule has 0 aromatic heterocycles. The van der Waals surface area contributed by atoms with Crippen molar-refractivity contribution in [1.82, 2.24) is 0 Å². The van der Waals surface area contributed by atoms with Gasteiger partial charge >= 0.3 is 6.09 Å². The molecule has 6 heteroatoms. The van der Waals surface area contributed by atoms with Gasteiger partial charge in [0.05, 0.1) is 24.0 Å². The number of carbonyl (C=O) groups excluding carboxylic acids is 1. The van der Waals surface area contributed by atoms with E-state index in [2.05, 4.69) is 6.92 Å². The summed E-state index contributed by atoms with van der Waals surface area (Å²) in [5.41, 5.74) is 2.72. The second-order valence-electron chi connectivity index (χ2n) is 7.88. The van der Waals surface area contributed by atoms with Crippen molar-refractivity contribution >= 4 is 22.6 Å². The predicted octanol–water partition coefficient (Wildman–Crippen LogP) is 6.12. The molecule has 0 bridgehead atoms. The molecule has 1 amide bonds. The van der Waals surface area contributed by atoms with Crippen LogP contribution >= 0.6 is 0 Å². The fourth-order valence-electron chi connectivity index (χ4n) is 3.58. The van der Waals surface area contributed by atoms with Gasteiger partial charge in [0.15, 0.2) is 0 Å². The van der Waals surface area contributed by atoms with Gasteiger partial charge in [0.2, 0.25) is 0 Å². The molecule has 33 heavy (non-hydrogen) atoms. The molecule has 0 saturated heterocycles. The Morgan fingerprint density at radius 1 is 0.970 bits per heavy atom. The third-order valence-corrected chi connectivity index (χ3v) is 6.85. The standard InChI is InChI=1S/C27H31NO4S/c1-4-8-24(20-33(30)26-17-11-21(2)12-18-26)28(23-13-15-25(31-3)16-14-23)27(29)32-19-22-9-6-5-7-10-22/h5-7,9-18,24H,4,8,19-20H2,1-3H3/t24-,33-/m1/s1. The number of ether oxygens (including phenoxy) is 2. The maximum absolute atomic E-state index is 13.3. The molecule has 0 aliphatic heterocycles. The highest BCUT2D eigenvalue weighted by Crippen LogP contribution is 2.26. The zero-order valence-corrected chi connectivity index (χ0v) is 20.2. The highest BCUT2D eigenvalue weighted by Gasteiger charge is 2.28. The number of amides is 1. The molecular formula is C27H31NO4S. The summed E-state index contributed by atoms with van der Waals surface area (Å²) in [4.78, 5) is 15.7. The van der Waals surface area contributed by atoms with Gasteiger partial charge in [0.25, 0.3) is 0 Å². The van der Waals surface area contributed by atoms with Gasteiger partial charge in [-0.2, -0.15) is 0 Å². The average molecular weight is 466 g/mol. The molecule has 2 atom stereocenters. The molecule has 0 aliphatic rings. The molecular weight excluding hydrogens is 434 g/mol. The number of aryl methyl sites for hydroxylation is 1. The predicted molar refractivity (Wildman–Crippen MR) is 133 cm³/mol. The minimum Gasteiger partial charge on any atom is -0.497 e. The highest BCUT2D eigenvalue weighted by molar-refractivity contribution is 7.85. The molecule has 174 valence electrons. The van der Waals surface area contributed by atoms with Crippen LogP contribution in [0.15, 0.2) is 83.8 Å². The quantitative estimate of drug-likeness (QED) is 0.362. The number of carbonyl (C=O) groups is 1. The van der Waals surface area contributed by atoms with Crippen LogP contribution in [0.5, 0.6) is 5.75 Å². The molecule has 0 saturated carbocycles. The molecule has 0 unspecified atom stereocenters. The topological polar surface area (TPSA) is 55.8 Å². The zero-order chi connectivity index (χ0) is 23.6. The lowest BCUT2D eigenvalue weighted by atomic mass is 10.1. The molecule has 5 nitrogen and oxygen atoms in total. The van der Waals surface area contributed by atoms with Crippen molar-refractivity contribution in [3.05, 3.63) is 90.0 Å². The van der Waals surface area contributed by atoms with Crippen molar-refractivity contribution in [3.8, 4) is 5.75 Å². The molecule has 0 aliphatic carbocycles. The monoisotopic (exact) mass is 465 g/mol. The van der Waals surface area contributed by atoms with Crippen molar-refractivity contribution in [1.29, 1.82) is 0 Å². The summed E-state index contributed by atoms with van der Waals surface area (Å²) in [6.07, 6.45) is 1.08. The van der Waals surface area contributed by atoms with E-state index >= 15 is 0 Å². The van der Waals surface area contributed by atoms with Crippen molar-refractivity contribution in [3.63, 3.8) is 0 Å². The van der Waals surface area contributed by atoms with Crippen LogP contribution in [0.4, 0.5) is 10.5 Å². The Balaban J connectivity index is 1.86. The van der Waals surface area contributed by atoms with Gasteiger partial charge in [0, 0.05) is 16.3 Å². The first-order valence-electron chi connectivity index (χ1n) is 11.1. The van der Waals surface area contributed by atoms with E-state index < -0.39 is 16.9 Å². The van der Waals surface area contributed by atoms with Crippen LogP contribution in [0.3, 0.4) is 0 Å². The summed E-state index contributed by atoms with van der Waals surface area (Å²) in [6, 6.07) is 24.3. The Morgan fingerprint density at radius 2 is 1.64 bits per heavy atom. The summed E-state index contributed by atoms with van der Waals surface area (Å²) in [7, 11) is 0.349. The van der Waals surface area contributed by atoms with Crippen LogP contribution < -0.4 is 9.64 Å². The Morgan fingerprint density at radius 3 is 2.24 bits per heavy atom. The van der Waals surface area contributed by atoms with Crippen molar-refractivity contribution in [2.24, 2.45) is 0 Å². The maximum atomic E-state index is 13.3. The van der Waals surface area contributed by atoms with Crippen LogP contribution in [0.2, 0.25) is 0 Å². The fraction of sp³-hybridized carbons (Fsp3) is 0.296. The van der Waals surface area contributed by atoms with Crippen LogP contribution in [0.1, 0.15) is 30.9 Å². The summed E-state index contributed by atoms with van der Waals surface area (Å²) in [5.74, 6) is 1.02. The van der Waals surface area contributed by atoms with Gasteiger partial charge in [-0.05, 0) is 55.3 Å². The number of methoxy groups -OCH3 is 1. The van der Waals surface area contributed by atoms with Gasteiger partial charge in [-0.3, -0.25) is 9.11 Å². The van der Waals surface area contributed by atoms with Gasteiger partial charge in [-0.25, -0.2) is 4.79 Å². The van der Waals surface area contributed by atoms with E-state index in [9.17, 15) is 9.00 Å². The zero-order valence-electron chi connectivity index (χ0n) is 19.4. The van der Waals surface area contributed by atoms with Gasteiger partial charge in [-0.1, -0.05) is 61.4 Å². The molecule has 3 aromatic carbocycles. The van der Waals surface area contributed by atoms with Gasteiger partial charge in [-0.15, -0.1) is 0 Å². The van der Waals surface area contributed by atoms with Gasteiger partial charge < -0.3 is 9.47 Å². The molecule has 0 N–H and O–H groups in total. The molecule has 3 rings (SSSR count). The summed E-state index contributed by atoms with van der Waals surface area (Å²) in [6.45, 7) is 4.23. The molecule has 0 fully saturated rings. The van der Waals surface area contributed by atoms with Crippen LogP contribution in [-0.4, -0.2) is 29.2 Å². The Hall–Kier alpha value is -3.12. The number of benzene rings is 3. The Kier molecular flexibility index (Phi) is 9.07. The largest absolute Gasteiger partial charge is 0.497 e. The van der Waals surface area contributed by atoms with E-state index in [4.69, 9.17) is 9.47 Å². The third-order valence-electron chi connectivity index (χ3n) is 5.37. The van der Waals surface area contributed by atoms with E-state index in [1.54, 1.807) is 12.0 Å². The van der Waals surface area contributed by atoms with E-state index in [0.29, 0.717) is 23.6 Å². The van der Waals surface area contributed by atoms with Crippen LogP contribution in [0, 0.1) is 6.92 Å². The minimum absolute atomic E-state index is 0.173. The lowest BCUT2D eigenvalue weighted by molar-refractivity contribution is 0.144. The number of anilines is 1. The van der Waals surface area contributed by atoms with Crippen LogP contribution in [0.25, 0.3) is 0 Å². The number of rotatable bonds is 10. The second kappa shape index (κ2) is 12.2. The first-order valence-corrected chi connectivity index (χ1v) is 12.4. The van der Waals surface area contributed by atoms with Crippen molar-refractivity contribution < 1.29 is 18.5 Å². The van der Waals surface area contributed by atoms with Crippen molar-refractivity contribution in [2.75, 3.05) is 17.8 Å². The van der Waals surface area contributed by atoms with E-state index in [1.807, 2.05) is 85.8 Å². The third kappa shape index (κ3) is 6.93.